The Morgan fingerprint density at radius 1 is 0.822 bits per heavy atom. The van der Waals surface area contributed by atoms with Crippen LogP contribution in [-0.2, 0) is 6.18 Å². The summed E-state index contributed by atoms with van der Waals surface area (Å²) in [5.41, 5.74) is 5.24. The SMILES string of the molecule is Cc1cc(N(C)c2ccc(/N=N/c3ccc(N4CCCC4)s3)cc2C)ccc1/N=N/c1nc(-c2ccc(C(F)(F)F)cc2)ns1. The lowest BCUT2D eigenvalue weighted by Gasteiger charge is -2.22. The summed E-state index contributed by atoms with van der Waals surface area (Å²) in [6, 6.07) is 20.8. The summed E-state index contributed by atoms with van der Waals surface area (Å²) < 4.78 is 42.8. The summed E-state index contributed by atoms with van der Waals surface area (Å²) in [4.78, 5) is 8.81. The summed E-state index contributed by atoms with van der Waals surface area (Å²) in [7, 11) is 2.01. The molecule has 8 nitrogen and oxygen atoms in total. The molecule has 0 aliphatic carbocycles. The molecule has 0 atom stereocenters. The van der Waals surface area contributed by atoms with Gasteiger partial charge >= 0.3 is 6.18 Å². The van der Waals surface area contributed by atoms with Gasteiger partial charge in [-0.05, 0) is 98.5 Å². The summed E-state index contributed by atoms with van der Waals surface area (Å²) in [5.74, 6) is 0.303. The minimum atomic E-state index is -4.39. The molecule has 3 heterocycles. The van der Waals surface area contributed by atoms with Crippen molar-refractivity contribution >= 4 is 60.8 Å². The van der Waals surface area contributed by atoms with Gasteiger partial charge in [0.25, 0.3) is 0 Å². The minimum Gasteiger partial charge on any atom is -0.363 e. The smallest absolute Gasteiger partial charge is 0.363 e. The maximum absolute atomic E-state index is 12.9. The van der Waals surface area contributed by atoms with Gasteiger partial charge < -0.3 is 9.80 Å². The maximum atomic E-state index is 12.9. The van der Waals surface area contributed by atoms with Gasteiger partial charge in [-0.15, -0.1) is 20.5 Å². The highest BCUT2D eigenvalue weighted by Gasteiger charge is 2.30. The van der Waals surface area contributed by atoms with Gasteiger partial charge in [-0.2, -0.15) is 22.5 Å². The van der Waals surface area contributed by atoms with E-state index in [0.717, 1.165) is 69.9 Å². The maximum Gasteiger partial charge on any atom is 0.416 e. The van der Waals surface area contributed by atoms with Crippen molar-refractivity contribution in [1.82, 2.24) is 9.36 Å². The molecule has 0 N–H and O–H groups in total. The fourth-order valence-corrected chi connectivity index (χ4v) is 6.44. The Labute approximate surface area is 266 Å². The fourth-order valence-electron chi connectivity index (χ4n) is 5.04. The molecule has 1 saturated heterocycles. The van der Waals surface area contributed by atoms with E-state index < -0.39 is 11.7 Å². The van der Waals surface area contributed by atoms with Gasteiger partial charge in [0.15, 0.2) is 5.82 Å². The second-order valence-corrected chi connectivity index (χ2v) is 12.5. The summed E-state index contributed by atoms with van der Waals surface area (Å²) in [6.45, 7) is 6.23. The second-order valence-electron chi connectivity index (χ2n) is 10.7. The average Bonchev–Trinajstić information content (AvgIpc) is 3.81. The van der Waals surface area contributed by atoms with Crippen molar-refractivity contribution in [3.63, 3.8) is 0 Å². The van der Waals surface area contributed by atoms with Gasteiger partial charge in [0, 0.05) is 48.6 Å². The van der Waals surface area contributed by atoms with Crippen LogP contribution in [0.25, 0.3) is 11.4 Å². The molecule has 2 aromatic heterocycles. The van der Waals surface area contributed by atoms with Crippen LogP contribution in [0.1, 0.15) is 29.5 Å². The summed E-state index contributed by atoms with van der Waals surface area (Å²) in [6.07, 6.45) is -1.90. The van der Waals surface area contributed by atoms with Crippen molar-refractivity contribution in [2.45, 2.75) is 32.9 Å². The number of hydrogen-bond donors (Lipinski definition) is 0. The highest BCUT2D eigenvalue weighted by atomic mass is 32.1. The molecule has 3 aromatic carbocycles. The molecule has 0 radical (unpaired) electrons. The molecule has 5 aromatic rings. The molecule has 1 aliphatic heterocycles. The van der Waals surface area contributed by atoms with E-state index in [1.165, 1.54) is 30.0 Å². The number of thiophene rings is 1. The number of aromatic nitrogens is 2. The largest absolute Gasteiger partial charge is 0.416 e. The quantitative estimate of drug-likeness (QED) is 0.157. The lowest BCUT2D eigenvalue weighted by molar-refractivity contribution is -0.137. The lowest BCUT2D eigenvalue weighted by Crippen LogP contribution is -2.15. The number of anilines is 3. The van der Waals surface area contributed by atoms with Crippen LogP contribution < -0.4 is 9.80 Å². The van der Waals surface area contributed by atoms with Crippen LogP contribution in [0.2, 0.25) is 0 Å². The van der Waals surface area contributed by atoms with Crippen molar-refractivity contribution in [2.24, 2.45) is 20.5 Å². The van der Waals surface area contributed by atoms with Crippen molar-refractivity contribution in [2.75, 3.05) is 29.9 Å². The van der Waals surface area contributed by atoms with E-state index in [1.807, 2.05) is 56.4 Å². The predicted octanol–water partition coefficient (Wildman–Crippen LogP) is 11.1. The van der Waals surface area contributed by atoms with Crippen LogP contribution in [0.5, 0.6) is 0 Å². The molecule has 1 fully saturated rings. The molecular weight excluding hydrogens is 618 g/mol. The fraction of sp³-hybridized carbons (Fsp3) is 0.250. The molecule has 45 heavy (non-hydrogen) atoms. The Hall–Kier alpha value is -4.49. The zero-order valence-corrected chi connectivity index (χ0v) is 26.4. The van der Waals surface area contributed by atoms with E-state index in [9.17, 15) is 13.2 Å². The number of benzene rings is 3. The number of halogens is 3. The molecule has 6 rings (SSSR count). The van der Waals surface area contributed by atoms with Crippen LogP contribution in [0.15, 0.2) is 93.3 Å². The first kappa shape index (κ1) is 30.5. The monoisotopic (exact) mass is 646 g/mol. The van der Waals surface area contributed by atoms with Crippen LogP contribution in [0, 0.1) is 13.8 Å². The Morgan fingerprint density at radius 3 is 2.31 bits per heavy atom. The molecule has 0 amide bonds. The van der Waals surface area contributed by atoms with Crippen molar-refractivity contribution in [3.8, 4) is 11.4 Å². The first-order chi connectivity index (χ1) is 21.6. The number of aryl methyl sites for hydroxylation is 2. The molecule has 0 spiro atoms. The van der Waals surface area contributed by atoms with Gasteiger partial charge in [-0.25, -0.2) is 0 Å². The van der Waals surface area contributed by atoms with E-state index in [4.69, 9.17) is 0 Å². The Kier molecular flexibility index (Phi) is 8.72. The van der Waals surface area contributed by atoms with Crippen molar-refractivity contribution in [1.29, 1.82) is 0 Å². The second kappa shape index (κ2) is 12.9. The number of hydrogen-bond acceptors (Lipinski definition) is 10. The van der Waals surface area contributed by atoms with Crippen molar-refractivity contribution in [3.05, 3.63) is 89.5 Å². The predicted molar refractivity (Wildman–Crippen MR) is 175 cm³/mol. The van der Waals surface area contributed by atoms with Crippen LogP contribution in [-0.4, -0.2) is 29.5 Å². The Balaban J connectivity index is 1.10. The van der Waals surface area contributed by atoms with E-state index in [-0.39, 0.29) is 0 Å². The molecule has 1 aliphatic rings. The number of azo groups is 2. The van der Waals surface area contributed by atoms with Crippen molar-refractivity contribution < 1.29 is 13.2 Å². The van der Waals surface area contributed by atoms with Gasteiger partial charge in [-0.1, -0.05) is 23.5 Å². The molecule has 0 bridgehead atoms. The number of rotatable bonds is 8. The van der Waals surface area contributed by atoms with E-state index in [1.54, 1.807) is 11.3 Å². The number of nitrogens with zero attached hydrogens (tertiary/aromatic N) is 8. The van der Waals surface area contributed by atoms with Gasteiger partial charge in [0.05, 0.1) is 21.9 Å². The molecule has 230 valence electrons. The highest BCUT2D eigenvalue weighted by Crippen LogP contribution is 2.37. The summed E-state index contributed by atoms with van der Waals surface area (Å²) in [5, 5.41) is 20.0. The van der Waals surface area contributed by atoms with Crippen LogP contribution in [0.3, 0.4) is 0 Å². The molecular formula is C32H29F3N8S2. The standard InChI is InChI=1S/C32H29F3N8S2/c1-20-19-25(11-12-26(20)38-40-31-36-30(41-45-31)22-6-8-23(9-7-22)32(33,34)35)42(3)27-13-10-24(18-21(27)2)37-39-28-14-15-29(44-28)43-16-4-5-17-43/h6-15,18-19H,4-5,16-17H2,1-3H3/b39-37+,40-38+. The highest BCUT2D eigenvalue weighted by molar-refractivity contribution is 7.19. The third-order valence-electron chi connectivity index (χ3n) is 7.50. The van der Waals surface area contributed by atoms with E-state index in [0.29, 0.717) is 22.2 Å². The zero-order chi connectivity index (χ0) is 31.6. The third-order valence-corrected chi connectivity index (χ3v) is 9.13. The van der Waals surface area contributed by atoms with Gasteiger partial charge in [0.2, 0.25) is 5.13 Å². The van der Waals surface area contributed by atoms with Gasteiger partial charge in [-0.3, -0.25) is 0 Å². The Morgan fingerprint density at radius 2 is 1.60 bits per heavy atom. The normalized spacial score (nSPS) is 13.9. The van der Waals surface area contributed by atoms with Crippen LogP contribution >= 0.6 is 22.9 Å². The van der Waals surface area contributed by atoms with Crippen LogP contribution in [0.4, 0.5) is 51.1 Å². The lowest BCUT2D eigenvalue weighted by atomic mass is 10.1. The first-order valence-corrected chi connectivity index (χ1v) is 15.9. The summed E-state index contributed by atoms with van der Waals surface area (Å²) >= 11 is 2.70. The first-order valence-electron chi connectivity index (χ1n) is 14.3. The molecule has 0 unspecified atom stereocenters. The minimum absolute atomic E-state index is 0.303. The molecule has 0 saturated carbocycles. The molecule has 13 heteroatoms. The topological polar surface area (TPSA) is 81.7 Å². The zero-order valence-electron chi connectivity index (χ0n) is 24.8. The van der Waals surface area contributed by atoms with E-state index >= 15 is 0 Å². The Bertz CT molecular complexity index is 1850. The average molecular weight is 647 g/mol. The van der Waals surface area contributed by atoms with Gasteiger partial charge in [0.1, 0.15) is 5.00 Å². The van der Waals surface area contributed by atoms with E-state index in [2.05, 4.69) is 52.6 Å². The third kappa shape index (κ3) is 7.10. The number of alkyl halides is 3.